The van der Waals surface area contributed by atoms with Crippen LogP contribution in [-0.2, 0) is 0 Å². The molecule has 0 bridgehead atoms. The van der Waals surface area contributed by atoms with Gasteiger partial charge in [-0.15, -0.1) is 0 Å². The summed E-state index contributed by atoms with van der Waals surface area (Å²) < 4.78 is 0. The van der Waals surface area contributed by atoms with Crippen molar-refractivity contribution in [3.05, 3.63) is 76.9 Å². The van der Waals surface area contributed by atoms with Crippen LogP contribution in [0.2, 0.25) is 0 Å². The Bertz CT molecular complexity index is 938. The summed E-state index contributed by atoms with van der Waals surface area (Å²) in [6.45, 7) is 0. The van der Waals surface area contributed by atoms with Crippen LogP contribution in [0, 0.1) is 0 Å². The molecule has 3 aromatic carbocycles. The van der Waals surface area contributed by atoms with Crippen LogP contribution < -0.4 is 0 Å². The molecule has 0 atom stereocenters. The molecule has 1 aliphatic rings. The minimum Gasteiger partial charge on any atom is -0.507 e. The fourth-order valence-corrected chi connectivity index (χ4v) is 2.90. The van der Waals surface area contributed by atoms with Crippen molar-refractivity contribution in [2.75, 3.05) is 0 Å². The molecule has 0 saturated carbocycles. The van der Waals surface area contributed by atoms with Crippen LogP contribution in [-0.4, -0.2) is 16.7 Å². The third-order valence-electron chi connectivity index (χ3n) is 3.91. The number of aromatic hydroxyl groups is 1. The van der Waals surface area contributed by atoms with E-state index in [-0.39, 0.29) is 28.4 Å². The molecule has 0 amide bonds. The average Bonchev–Trinajstić information content (AvgIpc) is 2.52. The predicted molar refractivity (Wildman–Crippen MR) is 78.9 cm³/mol. The molecule has 21 heavy (non-hydrogen) atoms. The quantitative estimate of drug-likeness (QED) is 0.535. The molecule has 3 aromatic rings. The van der Waals surface area contributed by atoms with Gasteiger partial charge in [0.05, 0.1) is 5.56 Å². The maximum Gasteiger partial charge on any atom is 0.198 e. The van der Waals surface area contributed by atoms with Gasteiger partial charge >= 0.3 is 0 Å². The van der Waals surface area contributed by atoms with E-state index < -0.39 is 0 Å². The summed E-state index contributed by atoms with van der Waals surface area (Å²) in [5.41, 5.74) is 1.12. The number of fused-ring (bicyclic) bond motifs is 3. The maximum atomic E-state index is 12.6. The van der Waals surface area contributed by atoms with Crippen LogP contribution >= 0.6 is 0 Å². The van der Waals surface area contributed by atoms with Crippen molar-refractivity contribution in [1.29, 1.82) is 0 Å². The van der Waals surface area contributed by atoms with Crippen molar-refractivity contribution in [3.8, 4) is 5.75 Å². The predicted octanol–water partition coefficient (Wildman–Crippen LogP) is 3.32. The van der Waals surface area contributed by atoms with Crippen molar-refractivity contribution in [2.45, 2.75) is 0 Å². The van der Waals surface area contributed by atoms with Crippen LogP contribution in [0.3, 0.4) is 0 Å². The van der Waals surface area contributed by atoms with Gasteiger partial charge in [0.15, 0.2) is 11.6 Å². The lowest BCUT2D eigenvalue weighted by molar-refractivity contribution is 0.0977. The van der Waals surface area contributed by atoms with Crippen molar-refractivity contribution in [3.63, 3.8) is 0 Å². The van der Waals surface area contributed by atoms with Crippen molar-refractivity contribution in [2.24, 2.45) is 0 Å². The summed E-state index contributed by atoms with van der Waals surface area (Å²) in [5.74, 6) is -0.638. The molecular formula is C18H10O3. The van der Waals surface area contributed by atoms with E-state index >= 15 is 0 Å². The Labute approximate surface area is 120 Å². The Morgan fingerprint density at radius 2 is 1.33 bits per heavy atom. The van der Waals surface area contributed by atoms with E-state index in [0.29, 0.717) is 16.5 Å². The van der Waals surface area contributed by atoms with Crippen LogP contribution in [0.1, 0.15) is 31.8 Å². The van der Waals surface area contributed by atoms with E-state index in [9.17, 15) is 14.7 Å². The summed E-state index contributed by atoms with van der Waals surface area (Å²) >= 11 is 0. The molecule has 0 saturated heterocycles. The smallest absolute Gasteiger partial charge is 0.198 e. The first-order valence-electron chi connectivity index (χ1n) is 6.61. The largest absolute Gasteiger partial charge is 0.507 e. The molecule has 100 valence electrons. The van der Waals surface area contributed by atoms with E-state index in [1.165, 1.54) is 0 Å². The van der Waals surface area contributed by atoms with E-state index in [0.717, 1.165) is 5.39 Å². The topological polar surface area (TPSA) is 54.4 Å². The van der Waals surface area contributed by atoms with Crippen LogP contribution in [0.15, 0.2) is 54.6 Å². The Morgan fingerprint density at radius 1 is 0.714 bits per heavy atom. The second-order valence-electron chi connectivity index (χ2n) is 5.07. The number of phenolic OH excluding ortho intramolecular Hbond substituents is 1. The highest BCUT2D eigenvalue weighted by Gasteiger charge is 2.32. The minimum absolute atomic E-state index is 0.109. The maximum absolute atomic E-state index is 12.6. The summed E-state index contributed by atoms with van der Waals surface area (Å²) in [6, 6.07) is 15.6. The Kier molecular flexibility index (Phi) is 2.27. The van der Waals surface area contributed by atoms with Crippen molar-refractivity contribution < 1.29 is 14.7 Å². The van der Waals surface area contributed by atoms with Gasteiger partial charge in [0.2, 0.25) is 0 Å². The number of carbonyl (C=O) groups is 2. The first-order valence-corrected chi connectivity index (χ1v) is 6.61. The Hall–Kier alpha value is -2.94. The SMILES string of the molecule is O=C1c2ccccc2C(=O)c2c1cc1ccccc1c2O. The Morgan fingerprint density at radius 3 is 2.10 bits per heavy atom. The molecule has 1 N–H and O–H groups in total. The van der Waals surface area contributed by atoms with Crippen molar-refractivity contribution in [1.82, 2.24) is 0 Å². The van der Waals surface area contributed by atoms with Gasteiger partial charge in [0.25, 0.3) is 0 Å². The molecule has 0 aromatic heterocycles. The summed E-state index contributed by atoms with van der Waals surface area (Å²) in [7, 11) is 0. The van der Waals surface area contributed by atoms with Gasteiger partial charge in [-0.05, 0) is 11.5 Å². The fraction of sp³-hybridized carbons (Fsp3) is 0. The molecule has 3 nitrogen and oxygen atoms in total. The number of ketones is 2. The monoisotopic (exact) mass is 274 g/mol. The van der Waals surface area contributed by atoms with E-state index in [4.69, 9.17) is 0 Å². The average molecular weight is 274 g/mol. The molecule has 0 radical (unpaired) electrons. The second kappa shape index (κ2) is 4.03. The van der Waals surface area contributed by atoms with E-state index in [2.05, 4.69) is 0 Å². The Balaban J connectivity index is 2.14. The molecule has 0 aliphatic heterocycles. The molecular weight excluding hydrogens is 264 g/mol. The zero-order valence-corrected chi connectivity index (χ0v) is 11.0. The zero-order valence-electron chi connectivity index (χ0n) is 11.0. The summed E-state index contributed by atoms with van der Waals surface area (Å²) in [4.78, 5) is 25.2. The van der Waals surface area contributed by atoms with Gasteiger partial charge in [0, 0.05) is 22.1 Å². The third kappa shape index (κ3) is 1.48. The lowest BCUT2D eigenvalue weighted by Gasteiger charge is -2.19. The van der Waals surface area contributed by atoms with E-state index in [1.807, 2.05) is 12.1 Å². The van der Waals surface area contributed by atoms with Gasteiger partial charge in [-0.3, -0.25) is 9.59 Å². The zero-order chi connectivity index (χ0) is 14.6. The summed E-state index contributed by atoms with van der Waals surface area (Å²) in [6.07, 6.45) is 0. The number of hydrogen-bond donors (Lipinski definition) is 1. The standard InChI is InChI=1S/C18H10O3/c19-16-12-7-3-4-8-13(12)18(21)15-14(16)9-10-5-1-2-6-11(10)17(15)20/h1-9,20H. The highest BCUT2D eigenvalue weighted by Crippen LogP contribution is 2.37. The van der Waals surface area contributed by atoms with E-state index in [1.54, 1.807) is 42.5 Å². The minimum atomic E-state index is -0.302. The molecule has 0 fully saturated rings. The molecule has 1 aliphatic carbocycles. The molecule has 4 rings (SSSR count). The normalized spacial score (nSPS) is 13.1. The number of carbonyl (C=O) groups excluding carboxylic acids is 2. The fourth-order valence-electron chi connectivity index (χ4n) is 2.90. The lowest BCUT2D eigenvalue weighted by Crippen LogP contribution is -2.20. The van der Waals surface area contributed by atoms with Gasteiger partial charge in [-0.2, -0.15) is 0 Å². The molecule has 0 spiro atoms. The van der Waals surface area contributed by atoms with Crippen LogP contribution in [0.25, 0.3) is 10.8 Å². The third-order valence-corrected chi connectivity index (χ3v) is 3.91. The van der Waals surface area contributed by atoms with Gasteiger partial charge in [-0.25, -0.2) is 0 Å². The molecule has 3 heteroatoms. The number of benzene rings is 3. The van der Waals surface area contributed by atoms with Gasteiger partial charge < -0.3 is 5.11 Å². The number of phenols is 1. The number of rotatable bonds is 0. The van der Waals surface area contributed by atoms with Gasteiger partial charge in [-0.1, -0.05) is 48.5 Å². The second-order valence-corrected chi connectivity index (χ2v) is 5.07. The highest BCUT2D eigenvalue weighted by molar-refractivity contribution is 6.30. The number of hydrogen-bond acceptors (Lipinski definition) is 3. The lowest BCUT2D eigenvalue weighted by atomic mass is 9.82. The van der Waals surface area contributed by atoms with Crippen LogP contribution in [0.5, 0.6) is 5.75 Å². The molecule has 0 heterocycles. The molecule has 0 unspecified atom stereocenters. The first-order chi connectivity index (χ1) is 10.2. The van der Waals surface area contributed by atoms with Crippen LogP contribution in [0.4, 0.5) is 0 Å². The summed E-state index contributed by atoms with van der Waals surface area (Å²) in [5, 5.41) is 11.8. The first kappa shape index (κ1) is 11.9. The van der Waals surface area contributed by atoms with Gasteiger partial charge in [0.1, 0.15) is 5.75 Å². The highest BCUT2D eigenvalue weighted by atomic mass is 16.3. The van der Waals surface area contributed by atoms with Crippen molar-refractivity contribution >= 4 is 22.3 Å².